The van der Waals surface area contributed by atoms with Crippen LogP contribution in [0.5, 0.6) is 0 Å². The number of hydrogen-bond donors (Lipinski definition) is 0. The van der Waals surface area contributed by atoms with E-state index in [4.69, 9.17) is 0 Å². The highest BCUT2D eigenvalue weighted by Crippen LogP contribution is 2.30. The average molecular weight is 255 g/mol. The first-order chi connectivity index (χ1) is 6.68. The van der Waals surface area contributed by atoms with Crippen molar-refractivity contribution < 1.29 is 0 Å². The van der Waals surface area contributed by atoms with Gasteiger partial charge in [0, 0.05) is 19.3 Å². The molecule has 14 heavy (non-hydrogen) atoms. The molecule has 1 aromatic heterocycles. The predicted octanol–water partition coefficient (Wildman–Crippen LogP) is 3.00. The highest BCUT2D eigenvalue weighted by atomic mass is 79.9. The van der Waals surface area contributed by atoms with Crippen molar-refractivity contribution in [2.24, 2.45) is 5.92 Å². The van der Waals surface area contributed by atoms with Crippen LogP contribution >= 0.6 is 15.9 Å². The minimum Gasteiger partial charge on any atom is -0.355 e. The van der Waals surface area contributed by atoms with Crippen LogP contribution in [0.2, 0.25) is 0 Å². The highest BCUT2D eigenvalue weighted by molar-refractivity contribution is 9.10. The van der Waals surface area contributed by atoms with Crippen molar-refractivity contribution in [3.63, 3.8) is 0 Å². The quantitative estimate of drug-likeness (QED) is 0.766. The summed E-state index contributed by atoms with van der Waals surface area (Å²) in [7, 11) is 0. The van der Waals surface area contributed by atoms with Crippen LogP contribution in [0.25, 0.3) is 0 Å². The summed E-state index contributed by atoms with van der Waals surface area (Å²) in [5, 5.41) is 0. The van der Waals surface area contributed by atoms with Crippen molar-refractivity contribution in [2.75, 3.05) is 18.0 Å². The van der Waals surface area contributed by atoms with Gasteiger partial charge in [0.25, 0.3) is 0 Å². The van der Waals surface area contributed by atoms with Gasteiger partial charge < -0.3 is 4.90 Å². The Bertz CT molecular complexity index is 338. The van der Waals surface area contributed by atoms with E-state index in [-0.39, 0.29) is 0 Å². The first-order valence-electron chi connectivity index (χ1n) is 5.04. The zero-order valence-electron chi connectivity index (χ0n) is 8.63. The van der Waals surface area contributed by atoms with Crippen LogP contribution in [0, 0.1) is 12.8 Å². The van der Waals surface area contributed by atoms with Gasteiger partial charge >= 0.3 is 0 Å². The van der Waals surface area contributed by atoms with Gasteiger partial charge in [-0.2, -0.15) is 0 Å². The molecule has 2 heterocycles. The lowest BCUT2D eigenvalue weighted by Gasteiger charge is -2.19. The van der Waals surface area contributed by atoms with Gasteiger partial charge in [-0.25, -0.2) is 4.98 Å². The molecule has 3 heteroatoms. The minimum atomic E-state index is 0.796. The van der Waals surface area contributed by atoms with Crippen LogP contribution in [-0.2, 0) is 0 Å². The summed E-state index contributed by atoms with van der Waals surface area (Å²) >= 11 is 3.61. The number of aryl methyl sites for hydroxylation is 1. The Morgan fingerprint density at radius 3 is 3.00 bits per heavy atom. The molecule has 0 bridgehead atoms. The van der Waals surface area contributed by atoms with Crippen molar-refractivity contribution in [2.45, 2.75) is 20.3 Å². The molecule has 1 saturated heterocycles. The van der Waals surface area contributed by atoms with Crippen LogP contribution in [-0.4, -0.2) is 18.1 Å². The summed E-state index contributed by atoms with van der Waals surface area (Å²) < 4.78 is 1.15. The molecule has 0 aliphatic carbocycles. The molecule has 0 radical (unpaired) electrons. The molecule has 1 fully saturated rings. The second kappa shape index (κ2) is 3.89. The molecule has 1 aromatic rings. The third-order valence-electron chi connectivity index (χ3n) is 2.79. The first kappa shape index (κ1) is 9.97. The molecule has 2 rings (SSSR count). The van der Waals surface area contributed by atoms with Crippen molar-refractivity contribution in [3.8, 4) is 0 Å². The van der Waals surface area contributed by atoms with Crippen molar-refractivity contribution in [3.05, 3.63) is 22.3 Å². The number of anilines is 1. The fourth-order valence-electron chi connectivity index (χ4n) is 1.87. The number of aromatic nitrogens is 1. The Morgan fingerprint density at radius 2 is 2.36 bits per heavy atom. The Labute approximate surface area is 93.5 Å². The molecule has 2 nitrogen and oxygen atoms in total. The standard InChI is InChI=1S/C11H15BrN2/c1-8-4-6-14(7-8)11-10(12)9(2)3-5-13-11/h3,5,8H,4,6-7H2,1-2H3. The first-order valence-corrected chi connectivity index (χ1v) is 5.84. The molecule has 76 valence electrons. The minimum absolute atomic E-state index is 0.796. The van der Waals surface area contributed by atoms with Gasteiger partial charge in [-0.1, -0.05) is 6.92 Å². The smallest absolute Gasteiger partial charge is 0.143 e. The van der Waals surface area contributed by atoms with Crippen LogP contribution < -0.4 is 4.90 Å². The maximum Gasteiger partial charge on any atom is 0.143 e. The number of nitrogens with zero attached hydrogens (tertiary/aromatic N) is 2. The van der Waals surface area contributed by atoms with Gasteiger partial charge in [-0.15, -0.1) is 0 Å². The molecule has 0 aromatic carbocycles. The molecule has 1 unspecified atom stereocenters. The lowest BCUT2D eigenvalue weighted by atomic mass is 10.2. The van der Waals surface area contributed by atoms with E-state index in [0.717, 1.165) is 29.3 Å². The number of hydrogen-bond acceptors (Lipinski definition) is 2. The zero-order chi connectivity index (χ0) is 10.1. The normalized spacial score (nSPS) is 21.6. The van der Waals surface area contributed by atoms with E-state index in [1.54, 1.807) is 0 Å². The Hall–Kier alpha value is -0.570. The summed E-state index contributed by atoms with van der Waals surface area (Å²) in [6.07, 6.45) is 3.17. The van der Waals surface area contributed by atoms with E-state index in [9.17, 15) is 0 Å². The van der Waals surface area contributed by atoms with E-state index in [1.807, 2.05) is 12.3 Å². The van der Waals surface area contributed by atoms with E-state index in [0.29, 0.717) is 0 Å². The molecular formula is C11H15BrN2. The second-order valence-corrected chi connectivity index (χ2v) is 4.90. The van der Waals surface area contributed by atoms with Gasteiger partial charge in [0.1, 0.15) is 5.82 Å². The van der Waals surface area contributed by atoms with Gasteiger partial charge in [-0.3, -0.25) is 0 Å². The van der Waals surface area contributed by atoms with Gasteiger partial charge in [0.2, 0.25) is 0 Å². The van der Waals surface area contributed by atoms with Gasteiger partial charge in [0.05, 0.1) is 4.47 Å². The van der Waals surface area contributed by atoms with Crippen LogP contribution in [0.15, 0.2) is 16.7 Å². The van der Waals surface area contributed by atoms with Crippen LogP contribution in [0.4, 0.5) is 5.82 Å². The van der Waals surface area contributed by atoms with E-state index in [2.05, 4.69) is 39.7 Å². The predicted molar refractivity (Wildman–Crippen MR) is 62.7 cm³/mol. The highest BCUT2D eigenvalue weighted by Gasteiger charge is 2.21. The monoisotopic (exact) mass is 254 g/mol. The van der Waals surface area contributed by atoms with Crippen molar-refractivity contribution >= 4 is 21.7 Å². The summed E-state index contributed by atoms with van der Waals surface area (Å²) in [6.45, 7) is 6.67. The molecule has 1 atom stereocenters. The largest absolute Gasteiger partial charge is 0.355 e. The maximum absolute atomic E-state index is 4.43. The molecule has 0 amide bonds. The van der Waals surface area contributed by atoms with Crippen molar-refractivity contribution in [1.29, 1.82) is 0 Å². The maximum atomic E-state index is 4.43. The van der Waals surface area contributed by atoms with Crippen LogP contribution in [0.3, 0.4) is 0 Å². The topological polar surface area (TPSA) is 16.1 Å². The summed E-state index contributed by atoms with van der Waals surface area (Å²) in [6, 6.07) is 2.03. The van der Waals surface area contributed by atoms with E-state index >= 15 is 0 Å². The third kappa shape index (κ3) is 1.78. The third-order valence-corrected chi connectivity index (χ3v) is 3.77. The SMILES string of the molecule is Cc1ccnc(N2CCC(C)C2)c1Br. The molecule has 1 aliphatic rings. The number of rotatable bonds is 1. The molecular weight excluding hydrogens is 240 g/mol. The molecule has 0 N–H and O–H groups in total. The molecule has 0 saturated carbocycles. The molecule has 0 spiro atoms. The van der Waals surface area contributed by atoms with Gasteiger partial charge in [0.15, 0.2) is 0 Å². The fraction of sp³-hybridized carbons (Fsp3) is 0.545. The number of pyridine rings is 1. The number of halogens is 1. The Balaban J connectivity index is 2.28. The fourth-order valence-corrected chi connectivity index (χ4v) is 2.36. The van der Waals surface area contributed by atoms with E-state index < -0.39 is 0 Å². The van der Waals surface area contributed by atoms with Crippen molar-refractivity contribution in [1.82, 2.24) is 4.98 Å². The molecule has 1 aliphatic heterocycles. The van der Waals surface area contributed by atoms with Crippen LogP contribution in [0.1, 0.15) is 18.9 Å². The zero-order valence-corrected chi connectivity index (χ0v) is 10.2. The lowest BCUT2D eigenvalue weighted by molar-refractivity contribution is 0.658. The Kier molecular flexibility index (Phi) is 2.77. The summed E-state index contributed by atoms with van der Waals surface area (Å²) in [4.78, 5) is 6.80. The Morgan fingerprint density at radius 1 is 1.57 bits per heavy atom. The van der Waals surface area contributed by atoms with E-state index in [1.165, 1.54) is 12.0 Å². The summed E-state index contributed by atoms with van der Waals surface area (Å²) in [5.74, 6) is 1.90. The average Bonchev–Trinajstić information content (AvgIpc) is 2.57. The second-order valence-electron chi connectivity index (χ2n) is 4.11. The van der Waals surface area contributed by atoms with Gasteiger partial charge in [-0.05, 0) is 46.8 Å². The summed E-state index contributed by atoms with van der Waals surface area (Å²) in [5.41, 5.74) is 1.26. The lowest BCUT2D eigenvalue weighted by Crippen LogP contribution is -2.20.